The Hall–Kier alpha value is -5.74. The van der Waals surface area contributed by atoms with Gasteiger partial charge in [-0.15, -0.1) is 0 Å². The van der Waals surface area contributed by atoms with E-state index in [4.69, 9.17) is 14.4 Å². The van der Waals surface area contributed by atoms with Gasteiger partial charge >= 0.3 is 0 Å². The highest BCUT2D eigenvalue weighted by Crippen LogP contribution is 2.54. The van der Waals surface area contributed by atoms with Gasteiger partial charge in [0.05, 0.1) is 16.7 Å². The lowest BCUT2D eigenvalue weighted by molar-refractivity contribution is 0.466. The second-order valence-corrected chi connectivity index (χ2v) is 12.6. The van der Waals surface area contributed by atoms with Crippen LogP contribution in [-0.2, 0) is 5.41 Å². The number of para-hydroxylation sites is 1. The first-order valence-electron chi connectivity index (χ1n) is 15.4. The minimum Gasteiger partial charge on any atom is -0.457 e. The third-order valence-corrected chi connectivity index (χ3v) is 9.75. The molecule has 1 aliphatic rings. The summed E-state index contributed by atoms with van der Waals surface area (Å²) in [7, 11) is 0. The van der Waals surface area contributed by atoms with Crippen LogP contribution in [0.5, 0.6) is 0 Å². The molecule has 10 rings (SSSR count). The normalized spacial score (nSPS) is 13.7. The molecular weight excluding hydrogens is 550 g/mol. The smallest absolute Gasteiger partial charge is 0.235 e. The SMILES string of the molecule is CC1(C)c2ccccc2-c2c1oc1c2ccc2c3c4ccccc4ccc3n(-c3nc(-c4ccccc4)c4ccccc4n3)c21. The second kappa shape index (κ2) is 8.67. The largest absolute Gasteiger partial charge is 0.457 e. The number of rotatable bonds is 2. The average molecular weight is 578 g/mol. The predicted octanol–water partition coefficient (Wildman–Crippen LogP) is 10.6. The highest BCUT2D eigenvalue weighted by atomic mass is 16.3. The molecule has 0 radical (unpaired) electrons. The van der Waals surface area contributed by atoms with Crippen LogP contribution in [-0.4, -0.2) is 14.5 Å². The molecule has 0 N–H and O–H groups in total. The number of hydrogen-bond donors (Lipinski definition) is 0. The summed E-state index contributed by atoms with van der Waals surface area (Å²) < 4.78 is 9.28. The number of benzene rings is 6. The molecule has 4 heteroatoms. The number of hydrogen-bond acceptors (Lipinski definition) is 3. The summed E-state index contributed by atoms with van der Waals surface area (Å²) in [5.74, 6) is 1.64. The molecule has 0 aliphatic heterocycles. The minimum atomic E-state index is -0.249. The molecule has 0 bridgehead atoms. The standard InChI is InChI=1S/C41H27N3O/c1-41(2)31-18-10-8-16-27(31)35-30-22-21-29-34-26-15-7-6-12-24(26)20-23-33(34)44(37(29)38(30)45-39(35)41)40-42-32-19-11-9-17-28(32)36(43-40)25-13-4-3-5-14-25/h3-23H,1-2H3. The van der Waals surface area contributed by atoms with Gasteiger partial charge in [0.1, 0.15) is 11.3 Å². The van der Waals surface area contributed by atoms with Crippen LogP contribution in [0.2, 0.25) is 0 Å². The zero-order valence-corrected chi connectivity index (χ0v) is 24.9. The van der Waals surface area contributed by atoms with E-state index in [0.717, 1.165) is 55.3 Å². The zero-order chi connectivity index (χ0) is 29.9. The molecule has 0 spiro atoms. The van der Waals surface area contributed by atoms with Crippen molar-refractivity contribution in [2.75, 3.05) is 0 Å². The van der Waals surface area contributed by atoms with E-state index in [-0.39, 0.29) is 5.41 Å². The van der Waals surface area contributed by atoms with E-state index in [9.17, 15) is 0 Å². The highest BCUT2D eigenvalue weighted by Gasteiger charge is 2.41. The van der Waals surface area contributed by atoms with Crippen LogP contribution >= 0.6 is 0 Å². The topological polar surface area (TPSA) is 43.9 Å². The van der Waals surface area contributed by atoms with E-state index in [0.29, 0.717) is 5.95 Å². The van der Waals surface area contributed by atoms with Gasteiger partial charge < -0.3 is 4.42 Å². The summed E-state index contributed by atoms with van der Waals surface area (Å²) in [6.07, 6.45) is 0. The monoisotopic (exact) mass is 577 g/mol. The Morgan fingerprint density at radius 1 is 0.622 bits per heavy atom. The molecule has 0 unspecified atom stereocenters. The maximum atomic E-state index is 7.05. The fraction of sp³-hybridized carbons (Fsp3) is 0.0732. The van der Waals surface area contributed by atoms with Gasteiger partial charge in [0.2, 0.25) is 5.95 Å². The van der Waals surface area contributed by atoms with Gasteiger partial charge in [-0.1, -0.05) is 109 Å². The maximum Gasteiger partial charge on any atom is 0.235 e. The van der Waals surface area contributed by atoms with Crippen LogP contribution in [0.4, 0.5) is 0 Å². The molecular formula is C41H27N3O. The quantitative estimate of drug-likeness (QED) is 0.205. The first-order valence-corrected chi connectivity index (χ1v) is 15.4. The third kappa shape index (κ3) is 3.21. The van der Waals surface area contributed by atoms with E-state index in [1.54, 1.807) is 0 Å². The lowest BCUT2D eigenvalue weighted by atomic mass is 9.86. The van der Waals surface area contributed by atoms with Crippen LogP contribution in [0.3, 0.4) is 0 Å². The van der Waals surface area contributed by atoms with Crippen LogP contribution < -0.4 is 0 Å². The van der Waals surface area contributed by atoms with Crippen molar-refractivity contribution in [3.8, 4) is 28.3 Å². The Morgan fingerprint density at radius 3 is 2.24 bits per heavy atom. The minimum absolute atomic E-state index is 0.249. The molecule has 3 heterocycles. The van der Waals surface area contributed by atoms with Crippen LogP contribution in [0.1, 0.15) is 25.2 Å². The lowest BCUT2D eigenvalue weighted by Gasteiger charge is -2.18. The Kier molecular flexibility index (Phi) is 4.76. The van der Waals surface area contributed by atoms with Crippen molar-refractivity contribution in [3.63, 3.8) is 0 Å². The van der Waals surface area contributed by atoms with E-state index in [1.807, 2.05) is 12.1 Å². The second-order valence-electron chi connectivity index (χ2n) is 12.6. The first-order chi connectivity index (χ1) is 22.1. The Morgan fingerprint density at radius 2 is 1.36 bits per heavy atom. The molecule has 212 valence electrons. The summed E-state index contributed by atoms with van der Waals surface area (Å²) in [5, 5.41) is 6.86. The molecule has 0 saturated heterocycles. The fourth-order valence-electron chi connectivity index (χ4n) is 7.68. The van der Waals surface area contributed by atoms with Gasteiger partial charge in [-0.2, -0.15) is 0 Å². The molecule has 45 heavy (non-hydrogen) atoms. The molecule has 6 aromatic carbocycles. The van der Waals surface area contributed by atoms with Gasteiger partial charge in [-0.25, -0.2) is 9.97 Å². The molecule has 1 aliphatic carbocycles. The number of aromatic nitrogens is 3. The predicted molar refractivity (Wildman–Crippen MR) is 184 cm³/mol. The number of fused-ring (bicyclic) bond motifs is 12. The van der Waals surface area contributed by atoms with E-state index < -0.39 is 0 Å². The van der Waals surface area contributed by atoms with E-state index in [2.05, 4.69) is 134 Å². The van der Waals surface area contributed by atoms with Gasteiger partial charge in [0, 0.05) is 38.1 Å². The van der Waals surface area contributed by atoms with Gasteiger partial charge in [-0.05, 0) is 53.9 Å². The Bertz CT molecular complexity index is 2680. The van der Waals surface area contributed by atoms with Gasteiger partial charge in [-0.3, -0.25) is 4.57 Å². The van der Waals surface area contributed by atoms with Crippen LogP contribution in [0.25, 0.3) is 82.8 Å². The van der Waals surface area contributed by atoms with Crippen molar-refractivity contribution in [1.82, 2.24) is 14.5 Å². The van der Waals surface area contributed by atoms with Crippen molar-refractivity contribution in [3.05, 3.63) is 139 Å². The average Bonchev–Trinajstić information content (AvgIpc) is 3.71. The van der Waals surface area contributed by atoms with Crippen molar-refractivity contribution < 1.29 is 4.42 Å². The maximum absolute atomic E-state index is 7.05. The summed E-state index contributed by atoms with van der Waals surface area (Å²) in [6.45, 7) is 4.53. The molecule has 0 atom stereocenters. The van der Waals surface area contributed by atoms with E-state index in [1.165, 1.54) is 32.8 Å². The molecule has 9 aromatic rings. The summed E-state index contributed by atoms with van der Waals surface area (Å²) in [6, 6.07) is 44.9. The van der Waals surface area contributed by atoms with Gasteiger partial charge in [0.15, 0.2) is 5.58 Å². The number of nitrogens with zero attached hydrogens (tertiary/aromatic N) is 3. The molecule has 4 nitrogen and oxygen atoms in total. The zero-order valence-electron chi connectivity index (χ0n) is 24.9. The lowest BCUT2D eigenvalue weighted by Crippen LogP contribution is -2.14. The number of furan rings is 1. The summed E-state index contributed by atoms with van der Waals surface area (Å²) >= 11 is 0. The molecule has 0 amide bonds. The Balaban J connectivity index is 1.40. The molecule has 0 saturated carbocycles. The van der Waals surface area contributed by atoms with E-state index >= 15 is 0 Å². The van der Waals surface area contributed by atoms with Crippen molar-refractivity contribution in [2.45, 2.75) is 19.3 Å². The Labute approximate surface area is 259 Å². The fourth-order valence-corrected chi connectivity index (χ4v) is 7.68. The molecule has 0 fully saturated rings. The van der Waals surface area contributed by atoms with Crippen molar-refractivity contribution >= 4 is 54.5 Å². The van der Waals surface area contributed by atoms with Crippen LogP contribution in [0.15, 0.2) is 132 Å². The summed E-state index contributed by atoms with van der Waals surface area (Å²) in [5.41, 5.74) is 9.30. The first kappa shape index (κ1) is 24.7. The third-order valence-electron chi connectivity index (χ3n) is 9.75. The highest BCUT2D eigenvalue weighted by molar-refractivity contribution is 6.26. The van der Waals surface area contributed by atoms with Crippen molar-refractivity contribution in [2.24, 2.45) is 0 Å². The summed E-state index contributed by atoms with van der Waals surface area (Å²) in [4.78, 5) is 10.6. The molecule has 3 aromatic heterocycles. The van der Waals surface area contributed by atoms with Crippen LogP contribution in [0, 0.1) is 0 Å². The van der Waals surface area contributed by atoms with Crippen molar-refractivity contribution in [1.29, 1.82) is 0 Å². The van der Waals surface area contributed by atoms with Gasteiger partial charge in [0.25, 0.3) is 0 Å².